The van der Waals surface area contributed by atoms with Crippen LogP contribution in [0.2, 0.25) is 0 Å². The van der Waals surface area contributed by atoms with Gasteiger partial charge in [0.15, 0.2) is 0 Å². The zero-order chi connectivity index (χ0) is 15.9. The van der Waals surface area contributed by atoms with Crippen LogP contribution in [0.5, 0.6) is 5.75 Å². The normalized spacial score (nSPS) is 15.2. The van der Waals surface area contributed by atoms with Crippen molar-refractivity contribution in [3.05, 3.63) is 45.8 Å². The van der Waals surface area contributed by atoms with Crippen LogP contribution in [-0.4, -0.2) is 18.2 Å². The molecule has 0 atom stereocenters. The SMILES string of the molecule is CCOC(=O)c1cc(=O)oc2cc3c(cc12)C=CC(C)(C)O3. The molecule has 1 aliphatic heterocycles. The van der Waals surface area contributed by atoms with E-state index in [2.05, 4.69) is 0 Å². The zero-order valence-electron chi connectivity index (χ0n) is 12.6. The first-order valence-corrected chi connectivity index (χ1v) is 7.07. The maximum Gasteiger partial charge on any atom is 0.339 e. The highest BCUT2D eigenvalue weighted by Crippen LogP contribution is 2.34. The van der Waals surface area contributed by atoms with Gasteiger partial charge in [-0.15, -0.1) is 0 Å². The predicted molar refractivity (Wildman–Crippen MR) is 82.2 cm³/mol. The molecule has 1 aliphatic rings. The summed E-state index contributed by atoms with van der Waals surface area (Å²) in [5, 5.41) is 0.532. The molecule has 5 heteroatoms. The summed E-state index contributed by atoms with van der Waals surface area (Å²) < 4.78 is 16.0. The van der Waals surface area contributed by atoms with Crippen molar-refractivity contribution in [2.75, 3.05) is 6.61 Å². The molecule has 3 rings (SSSR count). The van der Waals surface area contributed by atoms with Gasteiger partial charge in [0, 0.05) is 23.1 Å². The van der Waals surface area contributed by atoms with Gasteiger partial charge in [-0.1, -0.05) is 6.08 Å². The van der Waals surface area contributed by atoms with Crippen LogP contribution >= 0.6 is 0 Å². The Balaban J connectivity index is 2.23. The highest BCUT2D eigenvalue weighted by molar-refractivity contribution is 6.03. The number of hydrogen-bond acceptors (Lipinski definition) is 5. The maximum absolute atomic E-state index is 12.0. The molecule has 0 amide bonds. The third kappa shape index (κ3) is 2.50. The maximum atomic E-state index is 12.0. The Bertz CT molecular complexity index is 842. The minimum Gasteiger partial charge on any atom is -0.483 e. The van der Waals surface area contributed by atoms with Crippen molar-refractivity contribution < 1.29 is 18.7 Å². The van der Waals surface area contributed by atoms with E-state index >= 15 is 0 Å². The van der Waals surface area contributed by atoms with Crippen LogP contribution in [0.1, 0.15) is 36.7 Å². The quantitative estimate of drug-likeness (QED) is 0.629. The molecule has 1 aromatic carbocycles. The summed E-state index contributed by atoms with van der Waals surface area (Å²) in [5.41, 5.74) is 0.307. The number of rotatable bonds is 2. The molecule has 0 radical (unpaired) electrons. The Kier molecular flexibility index (Phi) is 3.28. The van der Waals surface area contributed by atoms with Gasteiger partial charge in [0.2, 0.25) is 0 Å². The molecule has 22 heavy (non-hydrogen) atoms. The number of carbonyl (C=O) groups excluding carboxylic acids is 1. The van der Waals surface area contributed by atoms with E-state index in [9.17, 15) is 9.59 Å². The lowest BCUT2D eigenvalue weighted by Crippen LogP contribution is -2.27. The Hall–Kier alpha value is -2.56. The van der Waals surface area contributed by atoms with Crippen LogP contribution in [0, 0.1) is 0 Å². The third-order valence-electron chi connectivity index (χ3n) is 3.41. The van der Waals surface area contributed by atoms with Crippen molar-refractivity contribution in [2.24, 2.45) is 0 Å². The molecule has 0 N–H and O–H groups in total. The number of ether oxygens (including phenoxy) is 2. The topological polar surface area (TPSA) is 65.7 Å². The number of esters is 1. The van der Waals surface area contributed by atoms with Gasteiger partial charge in [0.05, 0.1) is 12.2 Å². The molecule has 0 bridgehead atoms. The molecule has 2 aromatic rings. The Labute approximate surface area is 127 Å². The van der Waals surface area contributed by atoms with E-state index < -0.39 is 17.2 Å². The Morgan fingerprint density at radius 3 is 2.77 bits per heavy atom. The Morgan fingerprint density at radius 1 is 1.27 bits per heavy atom. The fourth-order valence-corrected chi connectivity index (χ4v) is 2.41. The number of carbonyl (C=O) groups is 1. The molecule has 0 aliphatic carbocycles. The van der Waals surface area contributed by atoms with Gasteiger partial charge >= 0.3 is 11.6 Å². The fraction of sp³-hybridized carbons (Fsp3) is 0.294. The summed E-state index contributed by atoms with van der Waals surface area (Å²) in [7, 11) is 0. The first-order valence-electron chi connectivity index (χ1n) is 7.07. The van der Waals surface area contributed by atoms with Crippen molar-refractivity contribution >= 4 is 23.0 Å². The van der Waals surface area contributed by atoms with Crippen LogP contribution in [0.4, 0.5) is 0 Å². The highest BCUT2D eigenvalue weighted by Gasteiger charge is 2.24. The molecule has 0 saturated heterocycles. The number of benzene rings is 1. The third-order valence-corrected chi connectivity index (χ3v) is 3.41. The largest absolute Gasteiger partial charge is 0.483 e. The smallest absolute Gasteiger partial charge is 0.339 e. The van der Waals surface area contributed by atoms with E-state index in [4.69, 9.17) is 13.9 Å². The molecule has 0 saturated carbocycles. The summed E-state index contributed by atoms with van der Waals surface area (Å²) in [6, 6.07) is 4.57. The van der Waals surface area contributed by atoms with E-state index in [1.165, 1.54) is 0 Å². The van der Waals surface area contributed by atoms with Crippen LogP contribution < -0.4 is 10.4 Å². The van der Waals surface area contributed by atoms with Gasteiger partial charge in [-0.2, -0.15) is 0 Å². The fourth-order valence-electron chi connectivity index (χ4n) is 2.41. The van der Waals surface area contributed by atoms with Crippen LogP contribution in [-0.2, 0) is 4.74 Å². The van der Waals surface area contributed by atoms with Gasteiger partial charge in [-0.25, -0.2) is 9.59 Å². The van der Waals surface area contributed by atoms with Gasteiger partial charge < -0.3 is 13.9 Å². The van der Waals surface area contributed by atoms with Gasteiger partial charge in [0.25, 0.3) is 0 Å². The average Bonchev–Trinajstić information content (AvgIpc) is 2.43. The van der Waals surface area contributed by atoms with E-state index in [-0.39, 0.29) is 12.2 Å². The molecule has 0 spiro atoms. The molecule has 2 heterocycles. The summed E-state index contributed by atoms with van der Waals surface area (Å²) in [6.45, 7) is 5.82. The molecule has 5 nitrogen and oxygen atoms in total. The minimum absolute atomic E-state index is 0.203. The summed E-state index contributed by atoms with van der Waals surface area (Å²) >= 11 is 0. The highest BCUT2D eigenvalue weighted by atomic mass is 16.5. The first kappa shape index (κ1) is 14.4. The zero-order valence-corrected chi connectivity index (χ0v) is 12.6. The summed E-state index contributed by atoms with van der Waals surface area (Å²) in [5.74, 6) is 0.0746. The van der Waals surface area contributed by atoms with E-state index in [0.29, 0.717) is 16.7 Å². The van der Waals surface area contributed by atoms with Crippen molar-refractivity contribution in [2.45, 2.75) is 26.4 Å². The van der Waals surface area contributed by atoms with Crippen LogP contribution in [0.15, 0.2) is 33.5 Å². The first-order chi connectivity index (χ1) is 10.4. The lowest BCUT2D eigenvalue weighted by Gasteiger charge is -2.27. The summed E-state index contributed by atoms with van der Waals surface area (Å²) in [4.78, 5) is 23.7. The average molecular weight is 300 g/mol. The minimum atomic E-state index is -0.596. The van der Waals surface area contributed by atoms with Gasteiger partial charge in [-0.05, 0) is 32.9 Å². The van der Waals surface area contributed by atoms with Crippen molar-refractivity contribution in [3.63, 3.8) is 0 Å². The Morgan fingerprint density at radius 2 is 2.05 bits per heavy atom. The van der Waals surface area contributed by atoms with Crippen LogP contribution in [0.25, 0.3) is 17.0 Å². The van der Waals surface area contributed by atoms with E-state index in [0.717, 1.165) is 11.6 Å². The second-order valence-corrected chi connectivity index (χ2v) is 5.62. The van der Waals surface area contributed by atoms with E-state index in [1.807, 2.05) is 26.0 Å². The summed E-state index contributed by atoms with van der Waals surface area (Å²) in [6.07, 6.45) is 3.86. The number of fused-ring (bicyclic) bond motifs is 2. The lowest BCUT2D eigenvalue weighted by atomic mass is 10.00. The van der Waals surface area contributed by atoms with Crippen molar-refractivity contribution in [1.29, 1.82) is 0 Å². The van der Waals surface area contributed by atoms with Gasteiger partial charge in [0.1, 0.15) is 16.9 Å². The molecule has 0 fully saturated rings. The number of hydrogen-bond donors (Lipinski definition) is 0. The molecule has 0 unspecified atom stereocenters. The second kappa shape index (κ2) is 5.02. The van der Waals surface area contributed by atoms with Crippen LogP contribution in [0.3, 0.4) is 0 Å². The second-order valence-electron chi connectivity index (χ2n) is 5.62. The van der Waals surface area contributed by atoms with Gasteiger partial charge in [-0.3, -0.25) is 0 Å². The van der Waals surface area contributed by atoms with Crippen molar-refractivity contribution in [3.8, 4) is 5.75 Å². The molecule has 1 aromatic heterocycles. The molecular formula is C17H16O5. The standard InChI is InChI=1S/C17H16O5/c1-4-20-16(19)12-8-15(18)21-14-9-13-10(7-11(12)14)5-6-17(2,3)22-13/h5-9H,4H2,1-3H3. The van der Waals surface area contributed by atoms with E-state index in [1.54, 1.807) is 19.1 Å². The molecular weight excluding hydrogens is 284 g/mol. The lowest BCUT2D eigenvalue weighted by molar-refractivity contribution is 0.0528. The monoisotopic (exact) mass is 300 g/mol. The molecule has 114 valence electrons. The van der Waals surface area contributed by atoms with Crippen molar-refractivity contribution in [1.82, 2.24) is 0 Å². The predicted octanol–water partition coefficient (Wildman–Crippen LogP) is 3.15.